The van der Waals surface area contributed by atoms with E-state index < -0.39 is 0 Å². The van der Waals surface area contributed by atoms with Gasteiger partial charge in [0.2, 0.25) is 0 Å². The van der Waals surface area contributed by atoms with Gasteiger partial charge in [0.15, 0.2) is 0 Å². The fourth-order valence-corrected chi connectivity index (χ4v) is 1.75. The molecule has 0 saturated heterocycles. The van der Waals surface area contributed by atoms with Gasteiger partial charge in [-0.05, 0) is 24.1 Å². The average Bonchev–Trinajstić information content (AvgIpc) is 2.16. The lowest BCUT2D eigenvalue weighted by Crippen LogP contribution is -2.25. The molecule has 4 N–H and O–H groups in total. The lowest BCUT2D eigenvalue weighted by Gasteiger charge is -2.19. The Bertz CT molecular complexity index is 275. The molecule has 0 aliphatic carbocycles. The van der Waals surface area contributed by atoms with Gasteiger partial charge in [-0.25, -0.2) is 0 Å². The third-order valence-corrected chi connectivity index (χ3v) is 2.97. The summed E-state index contributed by atoms with van der Waals surface area (Å²) in [5, 5.41) is 0. The first-order valence-electron chi connectivity index (χ1n) is 4.37. The Balaban J connectivity index is 2.88. The van der Waals surface area contributed by atoms with Gasteiger partial charge in [-0.15, -0.1) is 0 Å². The number of hydrogen-bond acceptors (Lipinski definition) is 2. The quantitative estimate of drug-likeness (QED) is 0.853. The molecular formula is C10H15BrN2. The molecule has 0 heterocycles. The molecule has 1 aromatic rings. The molecule has 0 saturated carbocycles. The lowest BCUT2D eigenvalue weighted by atomic mass is 9.96. The van der Waals surface area contributed by atoms with Crippen molar-refractivity contribution in [2.24, 2.45) is 17.4 Å². The number of nitrogens with two attached hydrogens (primary N) is 2. The zero-order valence-corrected chi connectivity index (χ0v) is 9.29. The van der Waals surface area contributed by atoms with Crippen LogP contribution in [0.1, 0.15) is 18.5 Å². The SMILES string of the molecule is CC(CN)C(N)c1ccccc1Br. The molecule has 0 aromatic heterocycles. The monoisotopic (exact) mass is 242 g/mol. The van der Waals surface area contributed by atoms with Crippen LogP contribution in [-0.4, -0.2) is 6.54 Å². The van der Waals surface area contributed by atoms with Crippen molar-refractivity contribution in [2.45, 2.75) is 13.0 Å². The van der Waals surface area contributed by atoms with Gasteiger partial charge < -0.3 is 11.5 Å². The zero-order valence-electron chi connectivity index (χ0n) is 7.70. The standard InChI is InChI=1S/C10H15BrN2/c1-7(6-12)10(13)8-4-2-3-5-9(8)11/h2-5,7,10H,6,12-13H2,1H3. The van der Waals surface area contributed by atoms with Gasteiger partial charge in [0.25, 0.3) is 0 Å². The molecule has 1 rings (SSSR count). The zero-order chi connectivity index (χ0) is 9.84. The molecule has 13 heavy (non-hydrogen) atoms. The Morgan fingerprint density at radius 3 is 2.54 bits per heavy atom. The maximum atomic E-state index is 6.04. The van der Waals surface area contributed by atoms with Crippen molar-refractivity contribution in [1.82, 2.24) is 0 Å². The summed E-state index contributed by atoms with van der Waals surface area (Å²) in [6, 6.07) is 8.01. The molecule has 0 fully saturated rings. The maximum Gasteiger partial charge on any atom is 0.0344 e. The van der Waals surface area contributed by atoms with E-state index in [2.05, 4.69) is 22.9 Å². The highest BCUT2D eigenvalue weighted by atomic mass is 79.9. The van der Waals surface area contributed by atoms with E-state index in [1.54, 1.807) is 0 Å². The third kappa shape index (κ3) is 2.53. The molecule has 3 heteroatoms. The van der Waals surface area contributed by atoms with Crippen molar-refractivity contribution in [1.29, 1.82) is 0 Å². The van der Waals surface area contributed by atoms with Crippen LogP contribution < -0.4 is 11.5 Å². The van der Waals surface area contributed by atoms with Gasteiger partial charge in [0.1, 0.15) is 0 Å². The lowest BCUT2D eigenvalue weighted by molar-refractivity contribution is 0.480. The summed E-state index contributed by atoms with van der Waals surface area (Å²) in [4.78, 5) is 0. The van der Waals surface area contributed by atoms with Crippen LogP contribution in [0, 0.1) is 5.92 Å². The van der Waals surface area contributed by atoms with Gasteiger partial charge in [-0.3, -0.25) is 0 Å². The highest BCUT2D eigenvalue weighted by molar-refractivity contribution is 9.10. The molecule has 0 bridgehead atoms. The van der Waals surface area contributed by atoms with Crippen molar-refractivity contribution >= 4 is 15.9 Å². The van der Waals surface area contributed by atoms with Crippen LogP contribution in [0.5, 0.6) is 0 Å². The first-order chi connectivity index (χ1) is 6.16. The highest BCUT2D eigenvalue weighted by Gasteiger charge is 2.14. The molecule has 2 atom stereocenters. The second-order valence-corrected chi connectivity index (χ2v) is 4.11. The van der Waals surface area contributed by atoms with Crippen molar-refractivity contribution in [3.05, 3.63) is 34.3 Å². The second-order valence-electron chi connectivity index (χ2n) is 3.26. The van der Waals surface area contributed by atoms with Crippen LogP contribution in [0.2, 0.25) is 0 Å². The van der Waals surface area contributed by atoms with Crippen LogP contribution in [-0.2, 0) is 0 Å². The van der Waals surface area contributed by atoms with Gasteiger partial charge >= 0.3 is 0 Å². The number of rotatable bonds is 3. The highest BCUT2D eigenvalue weighted by Crippen LogP contribution is 2.25. The topological polar surface area (TPSA) is 52.0 Å². The van der Waals surface area contributed by atoms with Gasteiger partial charge in [-0.2, -0.15) is 0 Å². The predicted molar refractivity (Wildman–Crippen MR) is 59.3 cm³/mol. The fraction of sp³-hybridized carbons (Fsp3) is 0.400. The van der Waals surface area contributed by atoms with E-state index >= 15 is 0 Å². The Morgan fingerprint density at radius 1 is 1.38 bits per heavy atom. The molecule has 0 radical (unpaired) electrons. The summed E-state index contributed by atoms with van der Waals surface area (Å²) in [5.74, 6) is 0.304. The Hall–Kier alpha value is -0.380. The molecule has 2 unspecified atom stereocenters. The number of halogens is 1. The van der Waals surface area contributed by atoms with E-state index in [1.807, 2.05) is 24.3 Å². The summed E-state index contributed by atoms with van der Waals surface area (Å²) in [7, 11) is 0. The second kappa shape index (κ2) is 4.74. The molecule has 72 valence electrons. The summed E-state index contributed by atoms with van der Waals surface area (Å²) < 4.78 is 1.06. The minimum Gasteiger partial charge on any atom is -0.330 e. The van der Waals surface area contributed by atoms with Crippen LogP contribution in [0.15, 0.2) is 28.7 Å². The third-order valence-electron chi connectivity index (χ3n) is 2.25. The summed E-state index contributed by atoms with van der Waals surface area (Å²) >= 11 is 3.47. The maximum absolute atomic E-state index is 6.04. The number of benzene rings is 1. The van der Waals surface area contributed by atoms with E-state index in [4.69, 9.17) is 11.5 Å². The number of hydrogen-bond donors (Lipinski definition) is 2. The van der Waals surface area contributed by atoms with Crippen molar-refractivity contribution in [3.63, 3.8) is 0 Å². The van der Waals surface area contributed by atoms with Crippen molar-refractivity contribution in [3.8, 4) is 0 Å². The molecule has 0 aliphatic rings. The fourth-order valence-electron chi connectivity index (χ4n) is 1.20. The normalized spacial score (nSPS) is 15.4. The van der Waals surface area contributed by atoms with E-state index in [1.165, 1.54) is 0 Å². The molecule has 0 aliphatic heterocycles. The molecule has 2 nitrogen and oxygen atoms in total. The van der Waals surface area contributed by atoms with E-state index in [9.17, 15) is 0 Å². The van der Waals surface area contributed by atoms with Crippen molar-refractivity contribution in [2.75, 3.05) is 6.54 Å². The predicted octanol–water partition coefficient (Wildman–Crippen LogP) is 2.04. The van der Waals surface area contributed by atoms with Crippen molar-refractivity contribution < 1.29 is 0 Å². The van der Waals surface area contributed by atoms with Crippen LogP contribution >= 0.6 is 15.9 Å². The molecule has 0 spiro atoms. The summed E-state index contributed by atoms with van der Waals surface area (Å²) in [5.41, 5.74) is 12.7. The molecular weight excluding hydrogens is 228 g/mol. The largest absolute Gasteiger partial charge is 0.330 e. The van der Waals surface area contributed by atoms with E-state index in [0.29, 0.717) is 12.5 Å². The summed E-state index contributed by atoms with van der Waals surface area (Å²) in [6.07, 6.45) is 0. The van der Waals surface area contributed by atoms with Gasteiger partial charge in [-0.1, -0.05) is 41.1 Å². The Kier molecular flexibility index (Phi) is 3.90. The summed E-state index contributed by atoms with van der Waals surface area (Å²) in [6.45, 7) is 2.67. The van der Waals surface area contributed by atoms with E-state index in [-0.39, 0.29) is 6.04 Å². The minimum atomic E-state index is 0.0144. The Labute approximate surface area is 87.4 Å². The van der Waals surface area contributed by atoms with Crippen LogP contribution in [0.3, 0.4) is 0 Å². The minimum absolute atomic E-state index is 0.0144. The smallest absolute Gasteiger partial charge is 0.0344 e. The first kappa shape index (κ1) is 10.7. The molecule has 0 amide bonds. The van der Waals surface area contributed by atoms with Gasteiger partial charge in [0.05, 0.1) is 0 Å². The first-order valence-corrected chi connectivity index (χ1v) is 5.16. The Morgan fingerprint density at radius 2 is 2.00 bits per heavy atom. The van der Waals surface area contributed by atoms with Crippen LogP contribution in [0.4, 0.5) is 0 Å². The van der Waals surface area contributed by atoms with E-state index in [0.717, 1.165) is 10.0 Å². The van der Waals surface area contributed by atoms with Crippen LogP contribution in [0.25, 0.3) is 0 Å². The average molecular weight is 243 g/mol. The molecule has 1 aromatic carbocycles. The van der Waals surface area contributed by atoms with Gasteiger partial charge in [0, 0.05) is 10.5 Å².